The van der Waals surface area contributed by atoms with E-state index in [0.717, 1.165) is 17.0 Å². The molecular formula is C10H19NO2S2. The predicted molar refractivity (Wildman–Crippen MR) is 68.5 cm³/mol. The number of nitrogens with zero attached hydrogens (tertiary/aromatic N) is 1. The molecule has 0 heterocycles. The second-order valence-electron chi connectivity index (χ2n) is 3.43. The number of aliphatic hydroxyl groups excluding tert-OH is 1. The fourth-order valence-corrected chi connectivity index (χ4v) is 3.10. The number of carbonyl (C=O) groups is 1. The number of hydrogen-bond acceptors (Lipinski definition) is 4. The molecule has 0 radical (unpaired) electrons. The molecule has 0 aliphatic heterocycles. The van der Waals surface area contributed by atoms with Crippen molar-refractivity contribution in [3.05, 3.63) is 10.6 Å². The molecule has 1 N–H and O–H groups in total. The molecule has 3 nitrogen and oxygen atoms in total. The average molecular weight is 249 g/mol. The first kappa shape index (κ1) is 14.9. The van der Waals surface area contributed by atoms with Crippen molar-refractivity contribution in [1.29, 1.82) is 0 Å². The van der Waals surface area contributed by atoms with Crippen LogP contribution in [0.15, 0.2) is 10.6 Å². The summed E-state index contributed by atoms with van der Waals surface area (Å²) in [7, 11) is 5.10. The van der Waals surface area contributed by atoms with Crippen LogP contribution < -0.4 is 0 Å². The summed E-state index contributed by atoms with van der Waals surface area (Å²) >= 11 is 0. The van der Waals surface area contributed by atoms with Gasteiger partial charge in [-0.25, -0.2) is 0 Å². The molecule has 0 saturated carbocycles. The Morgan fingerprint density at radius 1 is 1.53 bits per heavy atom. The molecule has 0 aromatic carbocycles. The molecule has 5 heteroatoms. The molecule has 1 amide bonds. The normalized spacial score (nSPS) is 12.7. The maximum Gasteiger partial charge on any atom is 0.213 e. The van der Waals surface area contributed by atoms with E-state index in [1.807, 2.05) is 6.92 Å². The second kappa shape index (κ2) is 8.07. The molecule has 0 atom stereocenters. The van der Waals surface area contributed by atoms with Crippen LogP contribution in [-0.2, 0) is 4.79 Å². The average Bonchev–Trinajstić information content (AvgIpc) is 2.21. The van der Waals surface area contributed by atoms with Crippen LogP contribution in [0, 0.1) is 0 Å². The molecule has 0 rings (SSSR count). The lowest BCUT2D eigenvalue weighted by atomic mass is 10.3. The van der Waals surface area contributed by atoms with Crippen molar-refractivity contribution in [2.75, 3.05) is 13.7 Å². The molecule has 0 aromatic heterocycles. The first-order valence-corrected chi connectivity index (χ1v) is 7.06. The fraction of sp³-hybridized carbons (Fsp3) is 0.700. The van der Waals surface area contributed by atoms with Gasteiger partial charge in [-0.2, -0.15) is 0 Å². The minimum absolute atomic E-state index is 0.116. The van der Waals surface area contributed by atoms with Crippen LogP contribution in [0.1, 0.15) is 27.2 Å². The van der Waals surface area contributed by atoms with Gasteiger partial charge in [-0.1, -0.05) is 35.4 Å². The lowest BCUT2D eigenvalue weighted by molar-refractivity contribution is -0.115. The summed E-state index contributed by atoms with van der Waals surface area (Å²) in [6, 6.07) is 0. The molecule has 0 unspecified atom stereocenters. The van der Waals surface area contributed by atoms with Gasteiger partial charge < -0.3 is 10.0 Å². The zero-order chi connectivity index (χ0) is 11.8. The molecule has 88 valence electrons. The van der Waals surface area contributed by atoms with E-state index in [2.05, 4.69) is 13.8 Å². The van der Waals surface area contributed by atoms with Crippen molar-refractivity contribution in [1.82, 2.24) is 4.90 Å². The summed E-state index contributed by atoms with van der Waals surface area (Å²) in [5.74, 6) is 0. The Labute approximate surface area is 99.7 Å². The SMILES string of the molecule is CC(=C(CCO)SSC(C)C)N(C)C=O. The number of carbonyl (C=O) groups excluding carboxylic acids is 1. The topological polar surface area (TPSA) is 40.5 Å². The van der Waals surface area contributed by atoms with E-state index in [1.54, 1.807) is 33.5 Å². The molecule has 0 aromatic rings. The fourth-order valence-electron chi connectivity index (χ4n) is 0.814. The maximum atomic E-state index is 10.6. The van der Waals surface area contributed by atoms with Gasteiger partial charge >= 0.3 is 0 Å². The Morgan fingerprint density at radius 2 is 2.13 bits per heavy atom. The number of rotatable bonds is 7. The van der Waals surface area contributed by atoms with Crippen LogP contribution in [-0.4, -0.2) is 35.3 Å². The van der Waals surface area contributed by atoms with Crippen molar-refractivity contribution in [3.63, 3.8) is 0 Å². The summed E-state index contributed by atoms with van der Waals surface area (Å²) in [4.78, 5) is 13.2. The predicted octanol–water partition coefficient (Wildman–Crippen LogP) is 2.48. The summed E-state index contributed by atoms with van der Waals surface area (Å²) in [5, 5.41) is 9.47. The van der Waals surface area contributed by atoms with Crippen molar-refractivity contribution in [3.8, 4) is 0 Å². The van der Waals surface area contributed by atoms with Gasteiger partial charge in [0.1, 0.15) is 0 Å². The van der Waals surface area contributed by atoms with Crippen LogP contribution in [0.4, 0.5) is 0 Å². The van der Waals surface area contributed by atoms with Crippen molar-refractivity contribution in [2.24, 2.45) is 0 Å². The number of allylic oxidation sites excluding steroid dienone is 1. The minimum atomic E-state index is 0.116. The minimum Gasteiger partial charge on any atom is -0.396 e. The molecule has 0 bridgehead atoms. The van der Waals surface area contributed by atoms with Crippen molar-refractivity contribution in [2.45, 2.75) is 32.4 Å². The maximum absolute atomic E-state index is 10.6. The van der Waals surface area contributed by atoms with Crippen LogP contribution >= 0.6 is 21.6 Å². The van der Waals surface area contributed by atoms with Gasteiger partial charge in [-0.15, -0.1) is 0 Å². The van der Waals surface area contributed by atoms with E-state index >= 15 is 0 Å². The van der Waals surface area contributed by atoms with Crippen LogP contribution in [0.3, 0.4) is 0 Å². The van der Waals surface area contributed by atoms with E-state index in [-0.39, 0.29) is 6.61 Å². The Hall–Kier alpha value is -0.130. The highest BCUT2D eigenvalue weighted by Gasteiger charge is 2.08. The Kier molecular flexibility index (Phi) is 8.00. The number of amides is 1. The van der Waals surface area contributed by atoms with E-state index in [0.29, 0.717) is 11.7 Å². The van der Waals surface area contributed by atoms with Gasteiger partial charge in [0.05, 0.1) is 0 Å². The van der Waals surface area contributed by atoms with Crippen molar-refractivity contribution < 1.29 is 9.90 Å². The molecule has 15 heavy (non-hydrogen) atoms. The Balaban J connectivity index is 4.53. The molecule has 0 saturated heterocycles. The highest BCUT2D eigenvalue weighted by atomic mass is 33.1. The van der Waals surface area contributed by atoms with Gasteiger partial charge in [0.2, 0.25) is 6.41 Å². The molecular weight excluding hydrogens is 230 g/mol. The third-order valence-corrected chi connectivity index (χ3v) is 5.00. The monoisotopic (exact) mass is 249 g/mol. The van der Waals surface area contributed by atoms with Gasteiger partial charge in [-0.3, -0.25) is 4.79 Å². The van der Waals surface area contributed by atoms with Gasteiger partial charge in [0, 0.05) is 35.9 Å². The van der Waals surface area contributed by atoms with Gasteiger partial charge in [-0.05, 0) is 6.92 Å². The Bertz CT molecular complexity index is 229. The van der Waals surface area contributed by atoms with E-state index in [4.69, 9.17) is 5.11 Å². The molecule has 0 fully saturated rings. The zero-order valence-corrected chi connectivity index (χ0v) is 11.3. The first-order chi connectivity index (χ1) is 7.02. The standard InChI is InChI=1S/C10H19NO2S2/c1-8(2)14-15-10(5-6-12)9(3)11(4)7-13/h7-8,12H,5-6H2,1-4H3. The lowest BCUT2D eigenvalue weighted by Gasteiger charge is -2.17. The van der Waals surface area contributed by atoms with Crippen LogP contribution in [0.5, 0.6) is 0 Å². The Morgan fingerprint density at radius 3 is 2.53 bits per heavy atom. The summed E-state index contributed by atoms with van der Waals surface area (Å²) in [6.45, 7) is 6.25. The van der Waals surface area contributed by atoms with Crippen molar-refractivity contribution >= 4 is 28.0 Å². The largest absolute Gasteiger partial charge is 0.396 e. The van der Waals surface area contributed by atoms with E-state index < -0.39 is 0 Å². The highest BCUT2D eigenvalue weighted by Crippen LogP contribution is 2.37. The second-order valence-corrected chi connectivity index (χ2v) is 6.30. The van der Waals surface area contributed by atoms with E-state index in [1.165, 1.54) is 0 Å². The van der Waals surface area contributed by atoms with Crippen LogP contribution in [0.25, 0.3) is 0 Å². The molecule has 0 aliphatic rings. The quantitative estimate of drug-likeness (QED) is 0.556. The number of hydrogen-bond donors (Lipinski definition) is 1. The summed E-state index contributed by atoms with van der Waals surface area (Å²) in [6.07, 6.45) is 1.39. The lowest BCUT2D eigenvalue weighted by Crippen LogP contribution is -2.14. The molecule has 0 spiro atoms. The molecule has 0 aliphatic carbocycles. The first-order valence-electron chi connectivity index (χ1n) is 4.85. The number of aliphatic hydroxyl groups is 1. The third-order valence-electron chi connectivity index (χ3n) is 1.77. The van der Waals surface area contributed by atoms with Gasteiger partial charge in [0.15, 0.2) is 0 Å². The van der Waals surface area contributed by atoms with Gasteiger partial charge in [0.25, 0.3) is 0 Å². The highest BCUT2D eigenvalue weighted by molar-refractivity contribution is 8.78. The van der Waals surface area contributed by atoms with E-state index in [9.17, 15) is 4.79 Å². The van der Waals surface area contributed by atoms with Crippen LogP contribution in [0.2, 0.25) is 0 Å². The third kappa shape index (κ3) is 6.12. The smallest absolute Gasteiger partial charge is 0.213 e. The summed E-state index contributed by atoms with van der Waals surface area (Å²) in [5.41, 5.74) is 0.914. The zero-order valence-electron chi connectivity index (χ0n) is 9.69. The summed E-state index contributed by atoms with van der Waals surface area (Å²) < 4.78 is 0.